The van der Waals surface area contributed by atoms with Gasteiger partial charge >= 0.3 is 18.0 Å². The monoisotopic (exact) mass is 731 g/mol. The van der Waals surface area contributed by atoms with E-state index < -0.39 is 17.4 Å². The summed E-state index contributed by atoms with van der Waals surface area (Å²) < 4.78 is 5.82. The summed E-state index contributed by atoms with van der Waals surface area (Å²) in [5.41, 5.74) is 1.93. The van der Waals surface area contributed by atoms with E-state index in [-0.39, 0.29) is 57.1 Å². The molecule has 4 fully saturated rings. The highest BCUT2D eigenvalue weighted by Gasteiger charge is 2.70. The van der Waals surface area contributed by atoms with Gasteiger partial charge in [-0.2, -0.15) is 0 Å². The number of ether oxygens (including phenoxy) is 1. The second-order valence-electron chi connectivity index (χ2n) is 19.9. The van der Waals surface area contributed by atoms with Gasteiger partial charge in [0.2, 0.25) is 0 Å². The number of allylic oxidation sites excluding steroid dienone is 1. The van der Waals surface area contributed by atoms with Crippen molar-refractivity contribution in [3.05, 3.63) is 41.2 Å². The smallest absolute Gasteiger partial charge is 0.315 e. The maximum absolute atomic E-state index is 14.0. The van der Waals surface area contributed by atoms with Gasteiger partial charge in [-0.3, -0.25) is 19.4 Å². The molecule has 9 nitrogen and oxygen atoms in total. The molecule has 0 bridgehead atoms. The molecule has 8 atom stereocenters. The lowest BCUT2D eigenvalue weighted by Gasteiger charge is -2.72. The number of fused-ring (bicyclic) bond motifs is 7. The van der Waals surface area contributed by atoms with Crippen LogP contribution in [-0.4, -0.2) is 47.0 Å². The number of Topliss-reactive ketones (excluding diaryl/α,β-unsaturated/α-hetero) is 1. The number of rotatable bonds is 10. The molecule has 5 aliphatic carbocycles. The molecule has 0 aliphatic heterocycles. The Bertz CT molecular complexity index is 1650. The van der Waals surface area contributed by atoms with Gasteiger partial charge in [-0.05, 0) is 134 Å². The molecule has 0 radical (unpaired) electrons. The third-order valence-electron chi connectivity index (χ3n) is 16.2. The number of pyridine rings is 1. The summed E-state index contributed by atoms with van der Waals surface area (Å²) in [5, 5.41) is 15.7. The first-order chi connectivity index (χ1) is 24.7. The number of aliphatic carboxylic acids is 1. The van der Waals surface area contributed by atoms with Gasteiger partial charge in [0.25, 0.3) is 0 Å². The lowest BCUT2D eigenvalue weighted by atomic mass is 9.32. The van der Waals surface area contributed by atoms with Crippen LogP contribution < -0.4 is 10.6 Å². The number of urea groups is 1. The maximum atomic E-state index is 14.0. The number of nitrogens with one attached hydrogen (secondary N) is 2. The molecule has 0 spiro atoms. The van der Waals surface area contributed by atoms with Gasteiger partial charge in [-0.1, -0.05) is 60.1 Å². The number of aromatic nitrogens is 1. The topological polar surface area (TPSA) is 135 Å². The Hall–Kier alpha value is -3.23. The third kappa shape index (κ3) is 6.53. The zero-order valence-electron chi connectivity index (χ0n) is 33.8. The van der Waals surface area contributed by atoms with Gasteiger partial charge in [0.15, 0.2) is 5.78 Å². The zero-order chi connectivity index (χ0) is 38.8. The SMILES string of the molecule is CC(C)C1=C2C3CCC4[C@@]5(C)CC[C@H](COC(=O)CC(C)(C)C(=O)O)C(C)(C)C5CC[C@@]4(C)[C@]3(C)CCC2(CNC(=O)NCc2ccccn2)CC1=O. The van der Waals surface area contributed by atoms with Crippen molar-refractivity contribution in [2.45, 2.75) is 133 Å². The van der Waals surface area contributed by atoms with Crippen LogP contribution in [0.15, 0.2) is 35.5 Å². The van der Waals surface area contributed by atoms with Crippen molar-refractivity contribution in [2.24, 2.45) is 62.1 Å². The number of hydrogen-bond donors (Lipinski definition) is 3. The largest absolute Gasteiger partial charge is 0.481 e. The maximum Gasteiger partial charge on any atom is 0.315 e. The number of carbonyl (C=O) groups is 4. The molecular formula is C44H65N3O6. The summed E-state index contributed by atoms with van der Waals surface area (Å²) in [7, 11) is 0. The molecular weight excluding hydrogens is 666 g/mol. The van der Waals surface area contributed by atoms with Crippen molar-refractivity contribution in [1.29, 1.82) is 0 Å². The van der Waals surface area contributed by atoms with Crippen LogP contribution in [-0.2, 0) is 25.7 Å². The summed E-state index contributed by atoms with van der Waals surface area (Å²) in [5.74, 6) is 0.531. The molecule has 53 heavy (non-hydrogen) atoms. The molecule has 1 aromatic heterocycles. The van der Waals surface area contributed by atoms with Crippen molar-refractivity contribution >= 4 is 23.8 Å². The summed E-state index contributed by atoms with van der Waals surface area (Å²) in [6.07, 6.45) is 10.5. The Kier molecular flexibility index (Phi) is 10.3. The van der Waals surface area contributed by atoms with Gasteiger partial charge in [0.05, 0.1) is 30.7 Å². The van der Waals surface area contributed by atoms with Gasteiger partial charge in [0.1, 0.15) is 0 Å². The summed E-state index contributed by atoms with van der Waals surface area (Å²) >= 11 is 0. The average molecular weight is 732 g/mol. The van der Waals surface area contributed by atoms with Gasteiger partial charge in [0, 0.05) is 24.6 Å². The van der Waals surface area contributed by atoms with E-state index in [2.05, 4.69) is 64.1 Å². The average Bonchev–Trinajstić information content (AvgIpc) is 3.38. The van der Waals surface area contributed by atoms with E-state index in [0.717, 1.165) is 62.6 Å². The summed E-state index contributed by atoms with van der Waals surface area (Å²) in [6, 6.07) is 5.45. The fourth-order valence-corrected chi connectivity index (χ4v) is 13.0. The first-order valence-electron chi connectivity index (χ1n) is 20.3. The number of hydrogen-bond acceptors (Lipinski definition) is 6. The minimum Gasteiger partial charge on any atom is -0.481 e. The van der Waals surface area contributed by atoms with Crippen LogP contribution >= 0.6 is 0 Å². The van der Waals surface area contributed by atoms with E-state index in [0.29, 0.717) is 43.9 Å². The van der Waals surface area contributed by atoms with Crippen molar-refractivity contribution < 1.29 is 29.0 Å². The highest BCUT2D eigenvalue weighted by Crippen LogP contribution is 2.77. The van der Waals surface area contributed by atoms with Crippen molar-refractivity contribution in [3.63, 3.8) is 0 Å². The van der Waals surface area contributed by atoms with Crippen LogP contribution in [0.5, 0.6) is 0 Å². The Labute approximate surface area is 317 Å². The van der Waals surface area contributed by atoms with Gasteiger partial charge in [-0.25, -0.2) is 4.79 Å². The lowest BCUT2D eigenvalue weighted by molar-refractivity contribution is -0.224. The Morgan fingerprint density at radius 3 is 2.34 bits per heavy atom. The third-order valence-corrected chi connectivity index (χ3v) is 16.2. The highest BCUT2D eigenvalue weighted by atomic mass is 16.5. The van der Waals surface area contributed by atoms with E-state index in [9.17, 15) is 24.3 Å². The second kappa shape index (κ2) is 13.8. The number of amides is 2. The number of nitrogens with zero attached hydrogens (tertiary/aromatic N) is 1. The van der Waals surface area contributed by atoms with Crippen LogP contribution in [0.3, 0.4) is 0 Å². The molecule has 0 saturated heterocycles. The van der Waals surface area contributed by atoms with E-state index >= 15 is 0 Å². The van der Waals surface area contributed by atoms with Gasteiger partial charge < -0.3 is 20.5 Å². The van der Waals surface area contributed by atoms with Crippen LogP contribution in [0.4, 0.5) is 4.79 Å². The Morgan fingerprint density at radius 1 is 0.943 bits per heavy atom. The molecule has 3 N–H and O–H groups in total. The lowest BCUT2D eigenvalue weighted by Crippen LogP contribution is -2.65. The van der Waals surface area contributed by atoms with Crippen LogP contribution in [0.1, 0.15) is 132 Å². The molecule has 9 heteroatoms. The quantitative estimate of drug-likeness (QED) is 0.205. The van der Waals surface area contributed by atoms with Crippen LogP contribution in [0.25, 0.3) is 0 Å². The molecule has 2 amide bonds. The Morgan fingerprint density at radius 2 is 1.68 bits per heavy atom. The summed E-state index contributed by atoms with van der Waals surface area (Å²) in [4.78, 5) is 55.8. The molecule has 0 aromatic carbocycles. The number of carboxylic acids is 1. The standard InChI is InChI=1S/C44H65N3O6/c1-27(2)35-31(48)22-44(26-47-38(52)46-24-29-12-10-11-21-45-29)20-19-42(8)30(36(35)44)13-14-33-41(7)17-15-28(25-53-34(49)23-39(3,4)37(50)51)40(5,6)32(41)16-18-43(33,42)9/h10-12,21,27-28,30,32-33H,13-20,22-26H2,1-9H3,(H,50,51)(H2,46,47,52)/t28-,30?,32?,33?,41+,42-,43-,44?/m1/s1. The fourth-order valence-electron chi connectivity index (χ4n) is 13.0. The molecule has 1 aromatic rings. The number of carboxylic acid groups (broad SMARTS) is 1. The number of carbonyl (C=O) groups excluding carboxylic acids is 3. The minimum absolute atomic E-state index is 0.0300. The van der Waals surface area contributed by atoms with Crippen molar-refractivity contribution in [2.75, 3.05) is 13.2 Å². The zero-order valence-corrected chi connectivity index (χ0v) is 33.8. The van der Waals surface area contributed by atoms with Crippen LogP contribution in [0, 0.1) is 62.1 Å². The Balaban J connectivity index is 1.21. The number of ketones is 1. The normalized spacial score (nSPS) is 36.2. The predicted octanol–water partition coefficient (Wildman–Crippen LogP) is 8.52. The van der Waals surface area contributed by atoms with E-state index in [1.807, 2.05) is 18.2 Å². The first-order valence-corrected chi connectivity index (χ1v) is 20.3. The van der Waals surface area contributed by atoms with E-state index in [4.69, 9.17) is 4.74 Å². The molecule has 292 valence electrons. The molecule has 6 rings (SSSR count). The molecule has 4 unspecified atom stereocenters. The van der Waals surface area contributed by atoms with Gasteiger partial charge in [-0.15, -0.1) is 0 Å². The van der Waals surface area contributed by atoms with Crippen LogP contribution in [0.2, 0.25) is 0 Å². The fraction of sp³-hybridized carbons (Fsp3) is 0.750. The van der Waals surface area contributed by atoms with E-state index in [1.165, 1.54) is 5.57 Å². The summed E-state index contributed by atoms with van der Waals surface area (Å²) in [6.45, 7) is 21.1. The van der Waals surface area contributed by atoms with E-state index in [1.54, 1.807) is 20.0 Å². The highest BCUT2D eigenvalue weighted by molar-refractivity contribution is 6.00. The molecule has 1 heterocycles. The predicted molar refractivity (Wildman–Crippen MR) is 204 cm³/mol. The molecule has 4 saturated carbocycles. The van der Waals surface area contributed by atoms with Crippen molar-refractivity contribution in [1.82, 2.24) is 15.6 Å². The minimum atomic E-state index is -1.15. The molecule has 5 aliphatic rings. The first kappa shape index (κ1) is 39.5. The number of esters is 1. The second-order valence-corrected chi connectivity index (χ2v) is 19.9. The van der Waals surface area contributed by atoms with Crippen molar-refractivity contribution in [3.8, 4) is 0 Å².